The van der Waals surface area contributed by atoms with Crippen LogP contribution in [0.15, 0.2) is 18.2 Å². The molecule has 4 heteroatoms. The van der Waals surface area contributed by atoms with E-state index in [9.17, 15) is 9.90 Å². The van der Waals surface area contributed by atoms with Gasteiger partial charge in [-0.1, -0.05) is 19.9 Å². The van der Waals surface area contributed by atoms with E-state index in [0.717, 1.165) is 42.6 Å². The van der Waals surface area contributed by atoms with Gasteiger partial charge in [0.05, 0.1) is 18.8 Å². The molecule has 4 nitrogen and oxygen atoms in total. The van der Waals surface area contributed by atoms with Crippen molar-refractivity contribution in [2.45, 2.75) is 51.7 Å². The van der Waals surface area contributed by atoms with Gasteiger partial charge in [-0.15, -0.1) is 0 Å². The highest BCUT2D eigenvalue weighted by Gasteiger charge is 2.33. The van der Waals surface area contributed by atoms with E-state index >= 15 is 0 Å². The zero-order valence-corrected chi connectivity index (χ0v) is 13.3. The zero-order valence-electron chi connectivity index (χ0n) is 13.3. The number of fused-ring (bicyclic) bond motifs is 1. The predicted molar refractivity (Wildman–Crippen MR) is 84.6 cm³/mol. The van der Waals surface area contributed by atoms with Gasteiger partial charge in [-0.3, -0.25) is 4.79 Å². The summed E-state index contributed by atoms with van der Waals surface area (Å²) in [6.07, 6.45) is 3.07. The normalized spacial score (nSPS) is 21.9. The summed E-state index contributed by atoms with van der Waals surface area (Å²) in [6.45, 7) is 4.82. The smallest absolute Gasteiger partial charge is 0.223 e. The van der Waals surface area contributed by atoms with Crippen molar-refractivity contribution in [2.24, 2.45) is 11.8 Å². The molecule has 2 N–H and O–H groups in total. The van der Waals surface area contributed by atoms with Crippen molar-refractivity contribution in [1.29, 1.82) is 0 Å². The van der Waals surface area contributed by atoms with Crippen LogP contribution in [0.3, 0.4) is 0 Å². The van der Waals surface area contributed by atoms with Gasteiger partial charge in [0, 0.05) is 17.9 Å². The van der Waals surface area contributed by atoms with E-state index in [-0.39, 0.29) is 17.9 Å². The number of aliphatic hydroxyl groups is 1. The summed E-state index contributed by atoms with van der Waals surface area (Å²) in [5, 5.41) is 13.5. The van der Waals surface area contributed by atoms with E-state index in [1.54, 1.807) is 0 Å². The molecular formula is C18H25NO3. The second-order valence-corrected chi connectivity index (χ2v) is 6.92. The quantitative estimate of drug-likeness (QED) is 0.878. The first-order valence-electron chi connectivity index (χ1n) is 8.29. The Morgan fingerprint density at radius 3 is 2.82 bits per heavy atom. The molecule has 1 aliphatic carbocycles. The Kier molecular flexibility index (Phi) is 4.39. The van der Waals surface area contributed by atoms with Crippen molar-refractivity contribution >= 4 is 5.91 Å². The molecule has 3 rings (SSSR count). The average molecular weight is 303 g/mol. The third kappa shape index (κ3) is 3.43. The van der Waals surface area contributed by atoms with Gasteiger partial charge in [-0.05, 0) is 42.9 Å². The predicted octanol–water partition coefficient (Wildman–Crippen LogP) is 3.12. The SMILES string of the molecule is CC(C)CC(O)c1ccc2c(c1)C(NC(=O)C1CC1)CCO2. The summed E-state index contributed by atoms with van der Waals surface area (Å²) in [5.74, 6) is 1.63. The highest BCUT2D eigenvalue weighted by atomic mass is 16.5. The summed E-state index contributed by atoms with van der Waals surface area (Å²) in [7, 11) is 0. The van der Waals surface area contributed by atoms with Crippen LogP contribution < -0.4 is 10.1 Å². The Labute approximate surface area is 131 Å². The second kappa shape index (κ2) is 6.29. The van der Waals surface area contributed by atoms with Crippen LogP contribution >= 0.6 is 0 Å². The number of carbonyl (C=O) groups excluding carboxylic acids is 1. The van der Waals surface area contributed by atoms with Crippen LogP contribution in [-0.4, -0.2) is 17.6 Å². The maximum atomic E-state index is 12.0. The van der Waals surface area contributed by atoms with Crippen LogP contribution in [0.5, 0.6) is 5.75 Å². The standard InChI is InChI=1S/C18H25NO3/c1-11(2)9-16(20)13-5-6-17-14(10-13)15(7-8-22-17)19-18(21)12-3-4-12/h5-6,10-12,15-16,20H,3-4,7-9H2,1-2H3,(H,19,21). The first kappa shape index (κ1) is 15.3. The molecule has 1 aromatic rings. The van der Waals surface area contributed by atoms with E-state index in [0.29, 0.717) is 12.5 Å². The molecule has 0 bridgehead atoms. The van der Waals surface area contributed by atoms with E-state index < -0.39 is 6.10 Å². The van der Waals surface area contributed by atoms with Crippen molar-refractivity contribution in [2.75, 3.05) is 6.61 Å². The van der Waals surface area contributed by atoms with Gasteiger partial charge in [0.2, 0.25) is 5.91 Å². The van der Waals surface area contributed by atoms with Crippen molar-refractivity contribution in [1.82, 2.24) is 5.32 Å². The minimum Gasteiger partial charge on any atom is -0.493 e. The van der Waals surface area contributed by atoms with E-state index in [4.69, 9.17) is 4.74 Å². The Bertz CT molecular complexity index is 551. The van der Waals surface area contributed by atoms with Crippen molar-refractivity contribution in [3.63, 3.8) is 0 Å². The summed E-state index contributed by atoms with van der Waals surface area (Å²) < 4.78 is 5.69. The van der Waals surface area contributed by atoms with Gasteiger partial charge < -0.3 is 15.2 Å². The molecule has 2 aliphatic rings. The second-order valence-electron chi connectivity index (χ2n) is 6.92. The number of amides is 1. The number of hydrogen-bond acceptors (Lipinski definition) is 3. The molecular weight excluding hydrogens is 278 g/mol. The monoisotopic (exact) mass is 303 g/mol. The van der Waals surface area contributed by atoms with Crippen molar-refractivity contribution in [3.8, 4) is 5.75 Å². The van der Waals surface area contributed by atoms with Crippen LogP contribution in [0.25, 0.3) is 0 Å². The molecule has 120 valence electrons. The van der Waals surface area contributed by atoms with E-state index in [1.165, 1.54) is 0 Å². The fourth-order valence-electron chi connectivity index (χ4n) is 2.99. The molecule has 22 heavy (non-hydrogen) atoms. The lowest BCUT2D eigenvalue weighted by atomic mass is 9.93. The minimum absolute atomic E-state index is 0.00282. The lowest BCUT2D eigenvalue weighted by molar-refractivity contribution is -0.123. The molecule has 0 radical (unpaired) electrons. The lowest BCUT2D eigenvalue weighted by Crippen LogP contribution is -2.33. The topological polar surface area (TPSA) is 58.6 Å². The van der Waals surface area contributed by atoms with Gasteiger partial charge in [0.1, 0.15) is 5.75 Å². The Morgan fingerprint density at radius 1 is 1.36 bits per heavy atom. The number of benzene rings is 1. The van der Waals surface area contributed by atoms with Crippen LogP contribution in [-0.2, 0) is 4.79 Å². The summed E-state index contributed by atoms with van der Waals surface area (Å²) in [5.41, 5.74) is 1.91. The third-order valence-corrected chi connectivity index (χ3v) is 4.42. The molecule has 1 aliphatic heterocycles. The molecule has 0 saturated heterocycles. The lowest BCUT2D eigenvalue weighted by Gasteiger charge is -2.28. The van der Waals surface area contributed by atoms with Gasteiger partial charge in [-0.2, -0.15) is 0 Å². The first-order valence-corrected chi connectivity index (χ1v) is 8.29. The average Bonchev–Trinajstić information content (AvgIpc) is 3.31. The Balaban J connectivity index is 1.79. The fourth-order valence-corrected chi connectivity index (χ4v) is 2.99. The number of hydrogen-bond donors (Lipinski definition) is 2. The number of aliphatic hydroxyl groups excluding tert-OH is 1. The number of carbonyl (C=O) groups is 1. The van der Waals surface area contributed by atoms with Crippen LogP contribution in [0.1, 0.15) is 62.8 Å². The summed E-state index contributed by atoms with van der Waals surface area (Å²) in [6, 6.07) is 5.85. The maximum absolute atomic E-state index is 12.0. The van der Waals surface area contributed by atoms with Gasteiger partial charge >= 0.3 is 0 Å². The molecule has 2 unspecified atom stereocenters. The minimum atomic E-state index is -0.466. The molecule has 1 saturated carbocycles. The highest BCUT2D eigenvalue weighted by Crippen LogP contribution is 2.36. The molecule has 1 aromatic carbocycles. The molecule has 1 amide bonds. The number of rotatable bonds is 5. The molecule has 2 atom stereocenters. The number of ether oxygens (including phenoxy) is 1. The Hall–Kier alpha value is -1.55. The van der Waals surface area contributed by atoms with E-state index in [2.05, 4.69) is 19.2 Å². The first-order chi connectivity index (χ1) is 10.5. The van der Waals surface area contributed by atoms with Crippen LogP contribution in [0, 0.1) is 11.8 Å². The molecule has 1 fully saturated rings. The van der Waals surface area contributed by atoms with Gasteiger partial charge in [0.15, 0.2) is 0 Å². The van der Waals surface area contributed by atoms with Gasteiger partial charge in [0.25, 0.3) is 0 Å². The van der Waals surface area contributed by atoms with Crippen molar-refractivity contribution < 1.29 is 14.6 Å². The fraction of sp³-hybridized carbons (Fsp3) is 0.611. The van der Waals surface area contributed by atoms with E-state index in [1.807, 2.05) is 18.2 Å². The Morgan fingerprint density at radius 2 is 2.14 bits per heavy atom. The van der Waals surface area contributed by atoms with Crippen LogP contribution in [0.2, 0.25) is 0 Å². The number of nitrogens with one attached hydrogen (secondary N) is 1. The third-order valence-electron chi connectivity index (χ3n) is 4.42. The molecule has 1 heterocycles. The van der Waals surface area contributed by atoms with Gasteiger partial charge in [-0.25, -0.2) is 0 Å². The van der Waals surface area contributed by atoms with Crippen molar-refractivity contribution in [3.05, 3.63) is 29.3 Å². The van der Waals surface area contributed by atoms with Crippen LogP contribution in [0.4, 0.5) is 0 Å². The molecule has 0 aromatic heterocycles. The maximum Gasteiger partial charge on any atom is 0.223 e. The summed E-state index contributed by atoms with van der Waals surface area (Å²) >= 11 is 0. The summed E-state index contributed by atoms with van der Waals surface area (Å²) in [4.78, 5) is 12.0. The molecule has 0 spiro atoms. The highest BCUT2D eigenvalue weighted by molar-refractivity contribution is 5.81. The largest absolute Gasteiger partial charge is 0.493 e. The zero-order chi connectivity index (χ0) is 15.7.